The number of rotatable bonds is 6. The van der Waals surface area contributed by atoms with E-state index in [1.54, 1.807) is 18.6 Å². The van der Waals surface area contributed by atoms with Crippen LogP contribution in [0.25, 0.3) is 5.69 Å². The van der Waals surface area contributed by atoms with Crippen molar-refractivity contribution in [3.05, 3.63) is 61.0 Å². The molecule has 0 saturated carbocycles. The van der Waals surface area contributed by atoms with Crippen molar-refractivity contribution < 1.29 is 4.39 Å². The van der Waals surface area contributed by atoms with Crippen LogP contribution in [0.2, 0.25) is 0 Å². The second-order valence-electron chi connectivity index (χ2n) is 5.17. The maximum atomic E-state index is 14.1. The van der Waals surface area contributed by atoms with Crippen molar-refractivity contribution in [1.82, 2.24) is 29.6 Å². The minimum Gasteiger partial charge on any atom is -0.336 e. The first-order valence-corrected chi connectivity index (χ1v) is 7.05. The van der Waals surface area contributed by atoms with Gasteiger partial charge in [-0.3, -0.25) is 0 Å². The van der Waals surface area contributed by atoms with E-state index in [-0.39, 0.29) is 11.9 Å². The molecule has 0 saturated heterocycles. The largest absolute Gasteiger partial charge is 0.336 e. The predicted molar refractivity (Wildman–Crippen MR) is 79.8 cm³/mol. The summed E-state index contributed by atoms with van der Waals surface area (Å²) in [6, 6.07) is 5.37. The quantitative estimate of drug-likeness (QED) is 0.754. The Hall–Kier alpha value is -2.54. The number of halogens is 1. The van der Waals surface area contributed by atoms with Crippen LogP contribution in [0, 0.1) is 5.82 Å². The number of hydrogen-bond donors (Lipinski definition) is 1. The van der Waals surface area contributed by atoms with Crippen LogP contribution in [-0.4, -0.2) is 30.4 Å². The fourth-order valence-electron chi connectivity index (χ4n) is 2.25. The van der Waals surface area contributed by atoms with Crippen molar-refractivity contribution in [2.75, 3.05) is 0 Å². The van der Waals surface area contributed by atoms with Gasteiger partial charge in [-0.15, -0.1) is 0 Å². The molecule has 0 amide bonds. The number of hydrogen-bond acceptors (Lipinski definition) is 4. The van der Waals surface area contributed by atoms with E-state index in [1.807, 2.05) is 16.8 Å². The summed E-state index contributed by atoms with van der Waals surface area (Å²) in [5.41, 5.74) is 1.28. The first kappa shape index (κ1) is 14.4. The smallest absolute Gasteiger partial charge is 0.149 e. The Kier molecular flexibility index (Phi) is 4.24. The van der Waals surface area contributed by atoms with Crippen LogP contribution in [0.3, 0.4) is 0 Å². The van der Waals surface area contributed by atoms with Gasteiger partial charge >= 0.3 is 0 Å². The number of imidazole rings is 1. The van der Waals surface area contributed by atoms with Crippen molar-refractivity contribution in [2.45, 2.75) is 26.1 Å². The molecule has 114 valence electrons. The van der Waals surface area contributed by atoms with Crippen molar-refractivity contribution in [3.8, 4) is 5.69 Å². The van der Waals surface area contributed by atoms with Crippen molar-refractivity contribution >= 4 is 0 Å². The summed E-state index contributed by atoms with van der Waals surface area (Å²) in [5.74, 6) is -0.313. The predicted octanol–water partition coefficient (Wildman–Crippen LogP) is 1.78. The molecule has 1 atom stereocenters. The SMILES string of the molecule is CC(Cn1ccnc1)NCc1ccc(-n2cncn2)c(F)c1. The maximum absolute atomic E-state index is 14.1. The third-order valence-electron chi connectivity index (χ3n) is 3.38. The summed E-state index contributed by atoms with van der Waals surface area (Å²) >= 11 is 0. The standard InChI is InChI=1S/C15H17FN6/c1-12(8-21-5-4-17-10-21)19-7-13-2-3-15(14(16)6-13)22-11-18-9-20-22/h2-6,9-12,19H,7-8H2,1H3. The molecule has 0 aliphatic heterocycles. The minimum absolute atomic E-state index is 0.257. The lowest BCUT2D eigenvalue weighted by atomic mass is 10.2. The lowest BCUT2D eigenvalue weighted by molar-refractivity contribution is 0.475. The summed E-state index contributed by atoms with van der Waals surface area (Å²) in [7, 11) is 0. The number of benzene rings is 1. The van der Waals surface area contributed by atoms with Gasteiger partial charge in [-0.1, -0.05) is 6.07 Å². The van der Waals surface area contributed by atoms with E-state index >= 15 is 0 Å². The Balaban J connectivity index is 1.60. The highest BCUT2D eigenvalue weighted by molar-refractivity contribution is 5.35. The second kappa shape index (κ2) is 6.48. The van der Waals surface area contributed by atoms with Gasteiger partial charge in [0.15, 0.2) is 0 Å². The fourth-order valence-corrected chi connectivity index (χ4v) is 2.25. The first-order valence-electron chi connectivity index (χ1n) is 7.05. The third kappa shape index (κ3) is 3.37. The first-order chi connectivity index (χ1) is 10.7. The zero-order valence-electron chi connectivity index (χ0n) is 12.2. The van der Waals surface area contributed by atoms with Gasteiger partial charge in [-0.25, -0.2) is 19.0 Å². The molecule has 0 aliphatic rings. The molecule has 1 N–H and O–H groups in total. The number of nitrogens with zero attached hydrogens (tertiary/aromatic N) is 5. The molecule has 1 aromatic carbocycles. The lowest BCUT2D eigenvalue weighted by Gasteiger charge is -2.14. The summed E-state index contributed by atoms with van der Waals surface area (Å²) < 4.78 is 17.5. The topological polar surface area (TPSA) is 60.6 Å². The molecule has 6 nitrogen and oxygen atoms in total. The van der Waals surface area contributed by atoms with Crippen LogP contribution < -0.4 is 5.32 Å². The van der Waals surface area contributed by atoms with Crippen molar-refractivity contribution in [1.29, 1.82) is 0 Å². The van der Waals surface area contributed by atoms with E-state index in [1.165, 1.54) is 23.4 Å². The van der Waals surface area contributed by atoms with Gasteiger partial charge in [-0.05, 0) is 24.6 Å². The van der Waals surface area contributed by atoms with Crippen molar-refractivity contribution in [2.24, 2.45) is 0 Å². The lowest BCUT2D eigenvalue weighted by Crippen LogP contribution is -2.29. The van der Waals surface area contributed by atoms with E-state index in [9.17, 15) is 4.39 Å². The van der Waals surface area contributed by atoms with Gasteiger partial charge in [0.1, 0.15) is 24.2 Å². The molecule has 2 aromatic heterocycles. The minimum atomic E-state index is -0.313. The van der Waals surface area contributed by atoms with Gasteiger partial charge in [0.25, 0.3) is 0 Å². The second-order valence-corrected chi connectivity index (χ2v) is 5.17. The molecular formula is C15H17FN6. The molecule has 1 unspecified atom stereocenters. The van der Waals surface area contributed by atoms with E-state index in [2.05, 4.69) is 27.3 Å². The Morgan fingerprint density at radius 1 is 1.27 bits per heavy atom. The van der Waals surface area contributed by atoms with Gasteiger partial charge in [0.2, 0.25) is 0 Å². The van der Waals surface area contributed by atoms with E-state index < -0.39 is 0 Å². The van der Waals surface area contributed by atoms with E-state index in [4.69, 9.17) is 0 Å². The van der Waals surface area contributed by atoms with Gasteiger partial charge in [0, 0.05) is 31.5 Å². The van der Waals surface area contributed by atoms with Crippen LogP contribution in [0.5, 0.6) is 0 Å². The zero-order chi connectivity index (χ0) is 15.4. The van der Waals surface area contributed by atoms with Crippen LogP contribution in [0.15, 0.2) is 49.6 Å². The average Bonchev–Trinajstić information content (AvgIpc) is 3.18. The number of nitrogens with one attached hydrogen (secondary N) is 1. The van der Waals surface area contributed by atoms with Crippen LogP contribution in [0.1, 0.15) is 12.5 Å². The molecule has 0 aliphatic carbocycles. The Labute approximate surface area is 127 Å². The summed E-state index contributed by atoms with van der Waals surface area (Å²) in [5, 5.41) is 7.30. The summed E-state index contributed by atoms with van der Waals surface area (Å²) in [6.07, 6.45) is 8.32. The highest BCUT2D eigenvalue weighted by Crippen LogP contribution is 2.14. The third-order valence-corrected chi connectivity index (χ3v) is 3.38. The van der Waals surface area contributed by atoms with Crippen LogP contribution in [-0.2, 0) is 13.1 Å². The van der Waals surface area contributed by atoms with Crippen molar-refractivity contribution in [3.63, 3.8) is 0 Å². The molecule has 22 heavy (non-hydrogen) atoms. The van der Waals surface area contributed by atoms with Crippen LogP contribution in [0.4, 0.5) is 4.39 Å². The molecule has 0 radical (unpaired) electrons. The normalized spacial score (nSPS) is 12.5. The van der Waals surface area contributed by atoms with E-state index in [0.717, 1.165) is 12.1 Å². The average molecular weight is 300 g/mol. The molecule has 3 rings (SSSR count). The van der Waals surface area contributed by atoms with Gasteiger partial charge < -0.3 is 9.88 Å². The molecule has 2 heterocycles. The molecule has 0 spiro atoms. The van der Waals surface area contributed by atoms with Gasteiger partial charge in [-0.2, -0.15) is 5.10 Å². The highest BCUT2D eigenvalue weighted by atomic mass is 19.1. The molecule has 3 aromatic rings. The van der Waals surface area contributed by atoms with Gasteiger partial charge in [0.05, 0.1) is 6.33 Å². The number of aromatic nitrogens is 5. The fraction of sp³-hybridized carbons (Fsp3) is 0.267. The molecule has 0 bridgehead atoms. The molecule has 7 heteroatoms. The Bertz CT molecular complexity index is 708. The van der Waals surface area contributed by atoms with E-state index in [0.29, 0.717) is 12.2 Å². The zero-order valence-corrected chi connectivity index (χ0v) is 12.2. The summed E-state index contributed by atoms with van der Waals surface area (Å²) in [4.78, 5) is 7.83. The highest BCUT2D eigenvalue weighted by Gasteiger charge is 2.07. The molecular weight excluding hydrogens is 283 g/mol. The Morgan fingerprint density at radius 2 is 2.18 bits per heavy atom. The monoisotopic (exact) mass is 300 g/mol. The Morgan fingerprint density at radius 3 is 2.86 bits per heavy atom. The molecule has 0 fully saturated rings. The maximum Gasteiger partial charge on any atom is 0.149 e. The summed E-state index contributed by atoms with van der Waals surface area (Å²) in [6.45, 7) is 3.50. The van der Waals surface area contributed by atoms with Crippen LogP contribution >= 0.6 is 0 Å².